The van der Waals surface area contributed by atoms with Crippen LogP contribution in [-0.4, -0.2) is 18.3 Å². The average Bonchev–Trinajstić information content (AvgIpc) is 2.20. The Morgan fingerprint density at radius 2 is 2.25 bits per heavy atom. The molecule has 4 heteroatoms. The molecule has 1 saturated heterocycles. The topological polar surface area (TPSA) is 61.5 Å². The van der Waals surface area contributed by atoms with Crippen molar-refractivity contribution in [1.82, 2.24) is 0 Å². The lowest BCUT2D eigenvalue weighted by molar-refractivity contribution is 0.0872. The van der Waals surface area contributed by atoms with E-state index in [1.807, 2.05) is 0 Å². The van der Waals surface area contributed by atoms with E-state index in [1.54, 1.807) is 19.9 Å². The highest BCUT2D eigenvalue weighted by atomic mass is 16.8. The van der Waals surface area contributed by atoms with Gasteiger partial charge in [0.15, 0.2) is 11.4 Å². The molecule has 0 aromatic heterocycles. The molecule has 2 N–H and O–H groups in total. The van der Waals surface area contributed by atoms with Crippen molar-refractivity contribution in [3.05, 3.63) is 11.8 Å². The van der Waals surface area contributed by atoms with Crippen LogP contribution < -0.4 is 5.73 Å². The lowest BCUT2D eigenvalue weighted by Gasteiger charge is -2.13. The fourth-order valence-electron chi connectivity index (χ4n) is 0.994. The van der Waals surface area contributed by atoms with Gasteiger partial charge in [0.25, 0.3) is 0 Å². The fourth-order valence-corrected chi connectivity index (χ4v) is 0.994. The summed E-state index contributed by atoms with van der Waals surface area (Å²) in [5.74, 6) is 0.554. The summed E-state index contributed by atoms with van der Waals surface area (Å²) in [6.07, 6.45) is 1.84. The Bertz CT molecular complexity index is 220. The quantitative estimate of drug-likeness (QED) is 0.633. The van der Waals surface area contributed by atoms with Gasteiger partial charge in [0.2, 0.25) is 0 Å². The predicted molar refractivity (Wildman–Crippen MR) is 43.4 cm³/mol. The van der Waals surface area contributed by atoms with Gasteiger partial charge in [-0.2, -0.15) is 0 Å². The predicted octanol–water partition coefficient (Wildman–Crippen LogP) is 1.16. The molecule has 12 heavy (non-hydrogen) atoms. The molecule has 0 aromatic rings. The van der Waals surface area contributed by atoms with E-state index in [0.717, 1.165) is 0 Å². The van der Waals surface area contributed by atoms with Crippen molar-refractivity contribution in [2.45, 2.75) is 25.9 Å². The van der Waals surface area contributed by atoms with Crippen LogP contribution in [0.5, 0.6) is 0 Å². The summed E-state index contributed by atoms with van der Waals surface area (Å²) in [6, 6.07) is 0. The molecule has 0 aromatic carbocycles. The van der Waals surface area contributed by atoms with Gasteiger partial charge in [0.05, 0.1) is 0 Å². The van der Waals surface area contributed by atoms with Crippen molar-refractivity contribution in [2.75, 3.05) is 6.54 Å². The van der Waals surface area contributed by atoms with Crippen LogP contribution in [0.3, 0.4) is 0 Å². The van der Waals surface area contributed by atoms with E-state index in [2.05, 4.69) is 0 Å². The molecule has 0 bridgehead atoms. The number of nitrogens with two attached hydrogens (primary N) is 1. The number of ether oxygens (including phenoxy) is 2. The minimum absolute atomic E-state index is 0.539. The summed E-state index contributed by atoms with van der Waals surface area (Å²) >= 11 is 0. The molecule has 1 aliphatic rings. The van der Waals surface area contributed by atoms with Crippen LogP contribution >= 0.6 is 0 Å². The Labute approximate surface area is 71.3 Å². The van der Waals surface area contributed by atoms with Crippen LogP contribution in [0, 0.1) is 0 Å². The first-order chi connectivity index (χ1) is 5.56. The van der Waals surface area contributed by atoms with Gasteiger partial charge < -0.3 is 15.2 Å². The molecular weight excluding hydrogens is 158 g/mol. The lowest BCUT2D eigenvalue weighted by atomic mass is 10.1. The fraction of sp³-hybridized carbons (Fsp3) is 0.625. The maximum atomic E-state index is 10.7. The van der Waals surface area contributed by atoms with Gasteiger partial charge in [-0.05, 0) is 32.9 Å². The Kier molecular flexibility index (Phi) is 2.38. The third-order valence-corrected chi connectivity index (χ3v) is 1.62. The zero-order valence-electron chi connectivity index (χ0n) is 7.29. The van der Waals surface area contributed by atoms with Gasteiger partial charge in [-0.15, -0.1) is 0 Å². The molecule has 0 unspecified atom stereocenters. The summed E-state index contributed by atoms with van der Waals surface area (Å²) in [5.41, 5.74) is 4.67. The first-order valence-corrected chi connectivity index (χ1v) is 3.88. The zero-order chi connectivity index (χ0) is 9.19. The monoisotopic (exact) mass is 171 g/mol. The van der Waals surface area contributed by atoms with E-state index in [1.165, 1.54) is 0 Å². The van der Waals surface area contributed by atoms with E-state index in [-0.39, 0.29) is 0 Å². The maximum absolute atomic E-state index is 10.7. The van der Waals surface area contributed by atoms with E-state index in [9.17, 15) is 4.79 Å². The van der Waals surface area contributed by atoms with Gasteiger partial charge in [0.1, 0.15) is 0 Å². The number of carbonyl (C=O) groups is 1. The first-order valence-electron chi connectivity index (χ1n) is 3.88. The van der Waals surface area contributed by atoms with Crippen LogP contribution in [0.2, 0.25) is 0 Å². The molecule has 1 heterocycles. The second-order valence-corrected chi connectivity index (χ2v) is 3.11. The highest BCUT2D eigenvalue weighted by Gasteiger charge is 2.38. The summed E-state index contributed by atoms with van der Waals surface area (Å²) in [5, 5.41) is 0. The number of hydrogen-bond donors (Lipinski definition) is 1. The minimum atomic E-state index is -0.636. The molecule has 4 nitrogen and oxygen atoms in total. The third-order valence-electron chi connectivity index (χ3n) is 1.62. The normalized spacial score (nSPS) is 23.9. The standard InChI is InChI=1S/C8H13NO3/c1-8(2)6(4-3-5-9)11-7(10)12-8/h4H,3,5,9H2,1-2H3. The molecule has 68 valence electrons. The molecular formula is C8H13NO3. The van der Waals surface area contributed by atoms with Crippen LogP contribution in [0.1, 0.15) is 20.3 Å². The summed E-state index contributed by atoms with van der Waals surface area (Å²) in [6.45, 7) is 4.09. The van der Waals surface area contributed by atoms with Crippen molar-refractivity contribution < 1.29 is 14.3 Å². The molecule has 0 amide bonds. The van der Waals surface area contributed by atoms with E-state index >= 15 is 0 Å². The molecule has 1 aliphatic heterocycles. The molecule has 0 radical (unpaired) electrons. The van der Waals surface area contributed by atoms with Gasteiger partial charge in [-0.3, -0.25) is 0 Å². The zero-order valence-corrected chi connectivity index (χ0v) is 7.29. The second-order valence-electron chi connectivity index (χ2n) is 3.11. The first kappa shape index (κ1) is 9.06. The Morgan fingerprint density at radius 3 is 2.67 bits per heavy atom. The average molecular weight is 171 g/mol. The number of carbonyl (C=O) groups excluding carboxylic acids is 1. The van der Waals surface area contributed by atoms with Crippen molar-refractivity contribution in [3.8, 4) is 0 Å². The summed E-state index contributed by atoms with van der Waals surface area (Å²) in [7, 11) is 0. The van der Waals surface area contributed by atoms with Crippen molar-refractivity contribution in [2.24, 2.45) is 5.73 Å². The van der Waals surface area contributed by atoms with Crippen LogP contribution in [0.4, 0.5) is 4.79 Å². The smallest absolute Gasteiger partial charge is 0.420 e. The molecule has 0 aliphatic carbocycles. The van der Waals surface area contributed by atoms with Gasteiger partial charge in [-0.25, -0.2) is 4.79 Å². The highest BCUT2D eigenvalue weighted by Crippen LogP contribution is 2.29. The SMILES string of the molecule is CC1(C)OC(=O)OC1=CCCN. The lowest BCUT2D eigenvalue weighted by Crippen LogP contribution is -2.20. The maximum Gasteiger partial charge on any atom is 0.514 e. The van der Waals surface area contributed by atoms with Gasteiger partial charge in [-0.1, -0.05) is 0 Å². The van der Waals surface area contributed by atoms with Gasteiger partial charge in [0, 0.05) is 0 Å². The molecule has 0 atom stereocenters. The molecule has 0 spiro atoms. The van der Waals surface area contributed by atoms with Crippen LogP contribution in [0.25, 0.3) is 0 Å². The number of hydrogen-bond acceptors (Lipinski definition) is 4. The van der Waals surface area contributed by atoms with Crippen LogP contribution in [0.15, 0.2) is 11.8 Å². The van der Waals surface area contributed by atoms with Crippen LogP contribution in [-0.2, 0) is 9.47 Å². The van der Waals surface area contributed by atoms with Crippen molar-refractivity contribution >= 4 is 6.16 Å². The Hall–Kier alpha value is -1.03. The molecule has 0 saturated carbocycles. The largest absolute Gasteiger partial charge is 0.514 e. The van der Waals surface area contributed by atoms with E-state index in [4.69, 9.17) is 15.2 Å². The highest BCUT2D eigenvalue weighted by molar-refractivity contribution is 5.66. The summed E-state index contributed by atoms with van der Waals surface area (Å²) in [4.78, 5) is 10.7. The minimum Gasteiger partial charge on any atom is -0.420 e. The van der Waals surface area contributed by atoms with Crippen molar-refractivity contribution in [1.29, 1.82) is 0 Å². The van der Waals surface area contributed by atoms with Crippen molar-refractivity contribution in [3.63, 3.8) is 0 Å². The molecule has 1 rings (SSSR count). The Balaban J connectivity index is 2.71. The number of rotatable bonds is 2. The summed E-state index contributed by atoms with van der Waals surface area (Å²) < 4.78 is 9.71. The Morgan fingerprint density at radius 1 is 1.58 bits per heavy atom. The molecule has 1 fully saturated rings. The number of cyclic esters (lactones) is 2. The third kappa shape index (κ3) is 1.76. The van der Waals surface area contributed by atoms with E-state index < -0.39 is 11.8 Å². The second kappa shape index (κ2) is 3.15. The van der Waals surface area contributed by atoms with Gasteiger partial charge >= 0.3 is 6.16 Å². The van der Waals surface area contributed by atoms with E-state index in [0.29, 0.717) is 18.7 Å².